The Balaban J connectivity index is 1.94. The first kappa shape index (κ1) is 19.7. The Labute approximate surface area is 162 Å². The number of carbonyl (C=O) groups excluding carboxylic acids is 2. The van der Waals surface area contributed by atoms with E-state index in [0.29, 0.717) is 25.9 Å². The minimum absolute atomic E-state index is 0.0782. The lowest BCUT2D eigenvalue weighted by atomic mass is 10.0. The third kappa shape index (κ3) is 3.82. The minimum atomic E-state index is -2.56. The average Bonchev–Trinajstić information content (AvgIpc) is 2.98. The van der Waals surface area contributed by atoms with Crippen LogP contribution in [-0.2, 0) is 14.0 Å². The lowest BCUT2D eigenvalue weighted by Crippen LogP contribution is -2.66. The zero-order chi connectivity index (χ0) is 19.5. The van der Waals surface area contributed by atoms with Gasteiger partial charge in [0.2, 0.25) is 5.78 Å². The SMILES string of the molecule is CC(C)(C)[Si-](OCCC1CCC(=O)C1=O)(c1ccccc1)c1ccccc1. The van der Waals surface area contributed by atoms with E-state index in [2.05, 4.69) is 69.3 Å². The van der Waals surface area contributed by atoms with Gasteiger partial charge in [-0.05, 0) is 12.8 Å². The number of rotatable bonds is 6. The molecule has 0 radical (unpaired) electrons. The van der Waals surface area contributed by atoms with Crippen molar-refractivity contribution in [3.63, 3.8) is 0 Å². The Bertz CT molecular complexity index is 754. The maximum atomic E-state index is 12.0. The number of Topliss-reactive ketones (excluding diaryl/α,β-unsaturated/α-hetero) is 2. The molecular weight excluding hydrogens is 352 g/mol. The zero-order valence-electron chi connectivity index (χ0n) is 16.4. The molecular formula is C23H28O3Si-. The average molecular weight is 381 g/mol. The van der Waals surface area contributed by atoms with Crippen LogP contribution < -0.4 is 10.4 Å². The van der Waals surface area contributed by atoms with Crippen LogP contribution >= 0.6 is 0 Å². The Morgan fingerprint density at radius 2 is 1.44 bits per heavy atom. The summed E-state index contributed by atoms with van der Waals surface area (Å²) < 4.78 is 6.79. The summed E-state index contributed by atoms with van der Waals surface area (Å²) in [4.78, 5) is 23.6. The van der Waals surface area contributed by atoms with Gasteiger partial charge in [0.15, 0.2) is 5.78 Å². The number of hydrogen-bond donors (Lipinski definition) is 0. The van der Waals surface area contributed by atoms with Gasteiger partial charge in [-0.15, -0.1) is 5.04 Å². The van der Waals surface area contributed by atoms with Gasteiger partial charge in [0, 0.05) is 18.9 Å². The quantitative estimate of drug-likeness (QED) is 0.569. The van der Waals surface area contributed by atoms with Gasteiger partial charge in [0.05, 0.1) is 8.32 Å². The summed E-state index contributed by atoms with van der Waals surface area (Å²) in [5.41, 5.74) is 0. The van der Waals surface area contributed by atoms with Crippen molar-refractivity contribution in [2.75, 3.05) is 6.61 Å². The molecule has 0 bridgehead atoms. The van der Waals surface area contributed by atoms with Gasteiger partial charge in [0.1, 0.15) is 0 Å². The van der Waals surface area contributed by atoms with Gasteiger partial charge in [-0.25, -0.2) is 0 Å². The smallest absolute Gasteiger partial charge is 0.201 e. The minimum Gasteiger partial charge on any atom is -0.558 e. The standard InChI is InChI=1S/C23H28O3Si/c1-23(2,3)27(19-10-6-4-7-11-19,20-12-8-5-9-13-20)26-17-16-18-14-15-21(24)22(18)25/h4-13,18H,14-17H2,1-3H3/q-1. The van der Waals surface area contributed by atoms with Crippen LogP contribution in [0.25, 0.3) is 0 Å². The molecule has 1 atom stereocenters. The normalized spacial score (nSPS) is 18.1. The summed E-state index contributed by atoms with van der Waals surface area (Å²) in [6, 6.07) is 21.0. The van der Waals surface area contributed by atoms with Crippen LogP contribution in [-0.4, -0.2) is 26.5 Å². The van der Waals surface area contributed by atoms with Crippen molar-refractivity contribution in [1.29, 1.82) is 0 Å². The second-order valence-electron chi connectivity index (χ2n) is 8.32. The highest BCUT2D eigenvalue weighted by atomic mass is 28.4. The van der Waals surface area contributed by atoms with Crippen molar-refractivity contribution in [2.24, 2.45) is 5.92 Å². The molecule has 0 N–H and O–H groups in total. The fourth-order valence-corrected chi connectivity index (χ4v) is 8.76. The molecule has 0 spiro atoms. The van der Waals surface area contributed by atoms with Gasteiger partial charge in [-0.2, -0.15) is 10.4 Å². The predicted molar refractivity (Wildman–Crippen MR) is 111 cm³/mol. The molecule has 1 aliphatic rings. The van der Waals surface area contributed by atoms with Crippen LogP contribution in [0, 0.1) is 5.92 Å². The topological polar surface area (TPSA) is 43.4 Å². The third-order valence-electron chi connectivity index (χ3n) is 5.57. The molecule has 27 heavy (non-hydrogen) atoms. The first-order valence-corrected chi connectivity index (χ1v) is 11.6. The van der Waals surface area contributed by atoms with Gasteiger partial charge in [0.25, 0.3) is 0 Å². The summed E-state index contributed by atoms with van der Waals surface area (Å²) in [6.07, 6.45) is 1.68. The van der Waals surface area contributed by atoms with Gasteiger partial charge in [-0.1, -0.05) is 81.4 Å². The third-order valence-corrected chi connectivity index (χ3v) is 10.6. The van der Waals surface area contributed by atoms with Crippen molar-refractivity contribution in [2.45, 2.75) is 45.1 Å². The highest BCUT2D eigenvalue weighted by molar-refractivity contribution is 6.99. The number of benzene rings is 2. The van der Waals surface area contributed by atoms with E-state index in [9.17, 15) is 9.59 Å². The first-order chi connectivity index (χ1) is 12.9. The van der Waals surface area contributed by atoms with Gasteiger partial charge in [-0.3, -0.25) is 9.59 Å². The highest BCUT2D eigenvalue weighted by Gasteiger charge is 2.38. The molecule has 0 saturated heterocycles. The molecule has 4 heteroatoms. The fraction of sp³-hybridized carbons (Fsp3) is 0.391. The van der Waals surface area contributed by atoms with Crippen LogP contribution in [0.2, 0.25) is 5.04 Å². The first-order valence-electron chi connectivity index (χ1n) is 9.68. The largest absolute Gasteiger partial charge is 0.558 e. The maximum Gasteiger partial charge on any atom is 0.201 e. The summed E-state index contributed by atoms with van der Waals surface area (Å²) in [6.45, 7) is 7.22. The van der Waals surface area contributed by atoms with E-state index in [4.69, 9.17) is 4.43 Å². The van der Waals surface area contributed by atoms with Crippen molar-refractivity contribution in [3.05, 3.63) is 60.7 Å². The van der Waals surface area contributed by atoms with Crippen molar-refractivity contribution < 1.29 is 14.0 Å². The maximum absolute atomic E-state index is 12.0. The molecule has 2 aromatic rings. The van der Waals surface area contributed by atoms with E-state index in [-0.39, 0.29) is 22.5 Å². The highest BCUT2D eigenvalue weighted by Crippen LogP contribution is 2.37. The van der Waals surface area contributed by atoms with Crippen LogP contribution in [0.5, 0.6) is 0 Å². The molecule has 1 fully saturated rings. The predicted octanol–water partition coefficient (Wildman–Crippen LogP) is 3.50. The molecule has 2 aromatic carbocycles. The second-order valence-corrected chi connectivity index (χ2v) is 12.6. The molecule has 143 valence electrons. The van der Waals surface area contributed by atoms with Crippen LogP contribution in [0.15, 0.2) is 60.7 Å². The molecule has 0 aromatic heterocycles. The Hall–Kier alpha value is -2.04. The molecule has 1 unspecified atom stereocenters. The van der Waals surface area contributed by atoms with Gasteiger partial charge >= 0.3 is 0 Å². The van der Waals surface area contributed by atoms with Crippen LogP contribution in [0.4, 0.5) is 0 Å². The van der Waals surface area contributed by atoms with Crippen LogP contribution in [0.3, 0.4) is 0 Å². The van der Waals surface area contributed by atoms with E-state index in [1.54, 1.807) is 0 Å². The summed E-state index contributed by atoms with van der Waals surface area (Å²) in [5.74, 6) is -0.595. The molecule has 0 heterocycles. The monoisotopic (exact) mass is 380 g/mol. The molecule has 3 rings (SSSR count). The molecule has 1 aliphatic carbocycles. The second kappa shape index (κ2) is 7.91. The van der Waals surface area contributed by atoms with E-state index in [0.717, 1.165) is 0 Å². The van der Waals surface area contributed by atoms with Crippen molar-refractivity contribution in [3.8, 4) is 0 Å². The van der Waals surface area contributed by atoms with E-state index >= 15 is 0 Å². The Kier molecular flexibility index (Phi) is 5.77. The molecule has 3 nitrogen and oxygen atoms in total. The Morgan fingerprint density at radius 3 is 1.85 bits per heavy atom. The van der Waals surface area contributed by atoms with Crippen molar-refractivity contribution in [1.82, 2.24) is 0 Å². The molecule has 0 amide bonds. The molecule has 1 saturated carbocycles. The zero-order valence-corrected chi connectivity index (χ0v) is 17.4. The van der Waals surface area contributed by atoms with E-state index in [1.165, 1.54) is 10.4 Å². The van der Waals surface area contributed by atoms with Gasteiger partial charge < -0.3 is 4.43 Å². The summed E-state index contributed by atoms with van der Waals surface area (Å²) in [5, 5.41) is 2.39. The number of hydrogen-bond acceptors (Lipinski definition) is 3. The van der Waals surface area contributed by atoms with E-state index < -0.39 is 8.32 Å². The lowest BCUT2D eigenvalue weighted by Gasteiger charge is -2.55. The number of ketones is 2. The number of carbonyl (C=O) groups is 2. The fourth-order valence-electron chi connectivity index (χ4n) is 4.18. The molecule has 0 aliphatic heterocycles. The Morgan fingerprint density at radius 1 is 0.926 bits per heavy atom. The summed E-state index contributed by atoms with van der Waals surface area (Å²) >= 11 is 0. The summed E-state index contributed by atoms with van der Waals surface area (Å²) in [7, 11) is -2.56. The lowest BCUT2D eigenvalue weighted by molar-refractivity contribution is -0.135. The van der Waals surface area contributed by atoms with E-state index in [1.807, 2.05) is 12.1 Å². The van der Waals surface area contributed by atoms with Crippen molar-refractivity contribution >= 4 is 30.3 Å². The van der Waals surface area contributed by atoms with Crippen LogP contribution in [0.1, 0.15) is 40.0 Å².